The van der Waals surface area contributed by atoms with Crippen LogP contribution in [0, 0.1) is 11.7 Å². The van der Waals surface area contributed by atoms with E-state index in [1.165, 1.54) is 18.9 Å². The molecule has 1 atom stereocenters. The number of aliphatic carboxylic acids is 1. The molecule has 7 heteroatoms. The second-order valence-corrected chi connectivity index (χ2v) is 11.7. The lowest BCUT2D eigenvalue weighted by molar-refractivity contribution is -0.141. The number of carboxylic acids is 1. The Bertz CT molecular complexity index is 1270. The maximum Gasteiger partial charge on any atom is 0.303 e. The minimum Gasteiger partial charge on any atom is -0.493 e. The van der Waals surface area contributed by atoms with Gasteiger partial charge < -0.3 is 14.7 Å². The Morgan fingerprint density at radius 1 is 1.08 bits per heavy atom. The van der Waals surface area contributed by atoms with Gasteiger partial charge in [-0.1, -0.05) is 26.0 Å². The highest BCUT2D eigenvalue weighted by molar-refractivity contribution is 5.92. The molecule has 38 heavy (non-hydrogen) atoms. The van der Waals surface area contributed by atoms with Crippen molar-refractivity contribution in [3.63, 3.8) is 0 Å². The summed E-state index contributed by atoms with van der Waals surface area (Å²) in [7, 11) is 0. The van der Waals surface area contributed by atoms with E-state index in [9.17, 15) is 14.4 Å². The molecule has 202 valence electrons. The fourth-order valence-electron chi connectivity index (χ4n) is 6.00. The summed E-state index contributed by atoms with van der Waals surface area (Å²) in [6.07, 6.45) is 4.85. The summed E-state index contributed by atoms with van der Waals surface area (Å²) < 4.78 is 21.1. The van der Waals surface area contributed by atoms with Crippen LogP contribution in [-0.2, 0) is 39.1 Å². The quantitative estimate of drug-likeness (QED) is 0.457. The average Bonchev–Trinajstić information content (AvgIpc) is 3.64. The van der Waals surface area contributed by atoms with Crippen molar-refractivity contribution in [3.8, 4) is 5.75 Å². The maximum atomic E-state index is 15.1. The molecular formula is C31H36FNO5. The number of Topliss-reactive ketones (excluding diaryl/α,β-unsaturated/α-hetero) is 1. The fourth-order valence-corrected chi connectivity index (χ4v) is 6.00. The first-order chi connectivity index (χ1) is 18.1. The highest BCUT2D eigenvalue weighted by Gasteiger charge is 2.37. The highest BCUT2D eigenvalue weighted by Crippen LogP contribution is 2.41. The van der Waals surface area contributed by atoms with Gasteiger partial charge >= 0.3 is 5.97 Å². The van der Waals surface area contributed by atoms with Crippen molar-refractivity contribution in [2.75, 3.05) is 13.2 Å². The number of fused-ring (bicyclic) bond motifs is 2. The second kappa shape index (κ2) is 10.5. The molecule has 0 aromatic heterocycles. The van der Waals surface area contributed by atoms with Crippen LogP contribution in [-0.4, -0.2) is 40.8 Å². The van der Waals surface area contributed by atoms with Crippen LogP contribution in [0.25, 0.3) is 0 Å². The summed E-state index contributed by atoms with van der Waals surface area (Å²) in [6.45, 7) is 5.15. The van der Waals surface area contributed by atoms with E-state index in [-0.39, 0.29) is 48.6 Å². The van der Waals surface area contributed by atoms with E-state index in [0.717, 1.165) is 40.8 Å². The van der Waals surface area contributed by atoms with Crippen molar-refractivity contribution in [2.45, 2.75) is 83.1 Å². The molecule has 1 amide bonds. The van der Waals surface area contributed by atoms with Crippen molar-refractivity contribution in [1.82, 2.24) is 4.90 Å². The zero-order chi connectivity index (χ0) is 27.0. The molecule has 1 heterocycles. The number of aryl methyl sites for hydroxylation is 1. The van der Waals surface area contributed by atoms with Gasteiger partial charge in [0.05, 0.1) is 6.61 Å². The van der Waals surface area contributed by atoms with Gasteiger partial charge in [-0.2, -0.15) is 0 Å². The molecule has 0 bridgehead atoms. The largest absolute Gasteiger partial charge is 0.493 e. The molecule has 0 unspecified atom stereocenters. The molecule has 6 nitrogen and oxygen atoms in total. The molecule has 2 aromatic carbocycles. The molecule has 1 aliphatic heterocycles. The minimum atomic E-state index is -0.949. The summed E-state index contributed by atoms with van der Waals surface area (Å²) in [5, 5.41) is 8.98. The van der Waals surface area contributed by atoms with Crippen molar-refractivity contribution in [1.29, 1.82) is 0 Å². The van der Waals surface area contributed by atoms with Crippen LogP contribution in [0.5, 0.6) is 5.75 Å². The topological polar surface area (TPSA) is 83.9 Å². The predicted molar refractivity (Wildman–Crippen MR) is 141 cm³/mol. The van der Waals surface area contributed by atoms with Gasteiger partial charge in [0.1, 0.15) is 17.6 Å². The first-order valence-corrected chi connectivity index (χ1v) is 13.7. The lowest BCUT2D eigenvalue weighted by Crippen LogP contribution is -2.44. The average molecular weight is 522 g/mol. The molecule has 0 spiro atoms. The first kappa shape index (κ1) is 26.4. The standard InChI is InChI=1S/C31H36FNO5/c1-31(2)12-10-22-14-20(15-25(32)29(22)31)16-26(34)30-24-9-8-23(38-18-19-6-7-19)17-21(24)11-13-33(30)27(35)4-3-5-28(36)37/h8-9,14-15,17,19,30H,3-7,10-13,16,18H2,1-2H3,(H,36,37)/t30-/m1/s1. The van der Waals surface area contributed by atoms with Gasteiger partial charge in [-0.25, -0.2) is 4.39 Å². The Balaban J connectivity index is 1.40. The monoisotopic (exact) mass is 521 g/mol. The number of carboxylic acid groups (broad SMARTS) is 1. The summed E-state index contributed by atoms with van der Waals surface area (Å²) in [5.41, 5.74) is 3.86. The third-order valence-corrected chi connectivity index (χ3v) is 8.24. The van der Waals surface area contributed by atoms with Crippen molar-refractivity contribution in [2.24, 2.45) is 5.92 Å². The van der Waals surface area contributed by atoms with Crippen LogP contribution >= 0.6 is 0 Å². The summed E-state index contributed by atoms with van der Waals surface area (Å²) in [4.78, 5) is 39.6. The summed E-state index contributed by atoms with van der Waals surface area (Å²) >= 11 is 0. The van der Waals surface area contributed by atoms with Gasteiger partial charge in [0, 0.05) is 25.8 Å². The van der Waals surface area contributed by atoms with Crippen LogP contribution in [0.4, 0.5) is 4.39 Å². The van der Waals surface area contributed by atoms with Crippen molar-refractivity contribution < 1.29 is 28.6 Å². The molecule has 1 saturated carbocycles. The number of hydrogen-bond donors (Lipinski definition) is 1. The van der Waals surface area contributed by atoms with Crippen LogP contribution in [0.1, 0.15) is 86.2 Å². The molecule has 2 aromatic rings. The Labute approximate surface area is 223 Å². The number of carbonyl (C=O) groups excluding carboxylic acids is 2. The SMILES string of the molecule is CC1(C)CCc2cc(CC(=O)[C@H]3c4ccc(OCC5CC5)cc4CCN3C(=O)CCCC(=O)O)cc(F)c21. The van der Waals surface area contributed by atoms with Gasteiger partial charge in [-0.3, -0.25) is 14.4 Å². The minimum absolute atomic E-state index is 0.0214. The second-order valence-electron chi connectivity index (χ2n) is 11.7. The number of nitrogens with zero attached hydrogens (tertiary/aromatic N) is 1. The van der Waals surface area contributed by atoms with Gasteiger partial charge in [-0.05, 0) is 95.9 Å². The van der Waals surface area contributed by atoms with E-state index in [0.29, 0.717) is 31.1 Å². The molecule has 5 rings (SSSR count). The number of ketones is 1. The first-order valence-electron chi connectivity index (χ1n) is 13.7. The van der Waals surface area contributed by atoms with E-state index in [4.69, 9.17) is 9.84 Å². The molecule has 2 aliphatic carbocycles. The van der Waals surface area contributed by atoms with Crippen LogP contribution in [0.3, 0.4) is 0 Å². The van der Waals surface area contributed by atoms with Crippen LogP contribution in [0.2, 0.25) is 0 Å². The number of ether oxygens (including phenoxy) is 1. The summed E-state index contributed by atoms with van der Waals surface area (Å²) in [6, 6.07) is 8.34. The van der Waals surface area contributed by atoms with Gasteiger partial charge in [-0.15, -0.1) is 0 Å². The number of carbonyl (C=O) groups is 3. The Kier molecular flexibility index (Phi) is 7.30. The maximum absolute atomic E-state index is 15.1. The lowest BCUT2D eigenvalue weighted by Gasteiger charge is -2.37. The number of amides is 1. The zero-order valence-electron chi connectivity index (χ0n) is 22.2. The van der Waals surface area contributed by atoms with Crippen LogP contribution < -0.4 is 4.74 Å². The molecule has 0 radical (unpaired) electrons. The zero-order valence-corrected chi connectivity index (χ0v) is 22.2. The van der Waals surface area contributed by atoms with Gasteiger partial charge in [0.25, 0.3) is 0 Å². The molecule has 3 aliphatic rings. The Morgan fingerprint density at radius 2 is 1.87 bits per heavy atom. The summed E-state index contributed by atoms with van der Waals surface area (Å²) in [5.74, 6) is -0.221. The highest BCUT2D eigenvalue weighted by atomic mass is 19.1. The Hall–Kier alpha value is -3.22. The number of hydrogen-bond acceptors (Lipinski definition) is 4. The molecule has 0 saturated heterocycles. The number of rotatable bonds is 10. The number of halogens is 1. The molecular weight excluding hydrogens is 485 g/mol. The van der Waals surface area contributed by atoms with Crippen LogP contribution in [0.15, 0.2) is 30.3 Å². The van der Waals surface area contributed by atoms with E-state index in [1.807, 2.05) is 38.1 Å². The number of benzene rings is 2. The third kappa shape index (κ3) is 5.62. The lowest BCUT2D eigenvalue weighted by atomic mass is 9.84. The van der Waals surface area contributed by atoms with E-state index < -0.39 is 12.0 Å². The smallest absolute Gasteiger partial charge is 0.303 e. The van der Waals surface area contributed by atoms with E-state index >= 15 is 4.39 Å². The van der Waals surface area contributed by atoms with Crippen molar-refractivity contribution in [3.05, 3.63) is 64.0 Å². The van der Waals surface area contributed by atoms with Gasteiger partial charge in [0.2, 0.25) is 5.91 Å². The van der Waals surface area contributed by atoms with Crippen molar-refractivity contribution >= 4 is 17.7 Å². The Morgan fingerprint density at radius 3 is 2.61 bits per heavy atom. The molecule has 1 fully saturated rings. The fraction of sp³-hybridized carbons (Fsp3) is 0.516. The van der Waals surface area contributed by atoms with Gasteiger partial charge in [0.15, 0.2) is 5.78 Å². The predicted octanol–water partition coefficient (Wildman–Crippen LogP) is 5.33. The third-order valence-electron chi connectivity index (χ3n) is 8.24. The normalized spacial score (nSPS) is 19.6. The van der Waals surface area contributed by atoms with E-state index in [1.54, 1.807) is 4.90 Å². The molecule has 1 N–H and O–H groups in total. The van der Waals surface area contributed by atoms with E-state index in [2.05, 4.69) is 0 Å².